The predicted octanol–water partition coefficient (Wildman–Crippen LogP) is 3.86. The third kappa shape index (κ3) is 2.48. The Hall–Kier alpha value is -1.68. The normalized spacial score (nSPS) is 15.5. The summed E-state index contributed by atoms with van der Waals surface area (Å²) in [6.45, 7) is 0. The summed E-state index contributed by atoms with van der Waals surface area (Å²) in [5.74, 6) is 1.37. The summed E-state index contributed by atoms with van der Waals surface area (Å²) in [5.41, 5.74) is 0.807. The number of ether oxygens (including phenoxy) is 2. The molecular formula is C15H17ClN2O2. The molecule has 1 heterocycles. The van der Waals surface area contributed by atoms with Crippen LogP contribution in [0.3, 0.4) is 0 Å². The van der Waals surface area contributed by atoms with Gasteiger partial charge in [0.15, 0.2) is 10.9 Å². The first-order valence-electron chi connectivity index (χ1n) is 6.83. The van der Waals surface area contributed by atoms with Crippen molar-refractivity contribution < 1.29 is 9.47 Å². The van der Waals surface area contributed by atoms with Gasteiger partial charge in [-0.15, -0.1) is 0 Å². The van der Waals surface area contributed by atoms with E-state index in [1.165, 1.54) is 12.8 Å². The maximum atomic E-state index is 6.39. The molecule has 0 spiro atoms. The van der Waals surface area contributed by atoms with Crippen LogP contribution in [0, 0.1) is 0 Å². The van der Waals surface area contributed by atoms with Gasteiger partial charge in [-0.2, -0.15) is 5.10 Å². The summed E-state index contributed by atoms with van der Waals surface area (Å²) in [5, 5.41) is 4.80. The lowest BCUT2D eigenvalue weighted by Crippen LogP contribution is -2.10. The summed E-state index contributed by atoms with van der Waals surface area (Å²) in [7, 11) is 1.63. The molecule has 4 nitrogen and oxygen atoms in total. The lowest BCUT2D eigenvalue weighted by Gasteiger charge is -2.12. The van der Waals surface area contributed by atoms with E-state index < -0.39 is 0 Å². The van der Waals surface area contributed by atoms with E-state index in [9.17, 15) is 0 Å². The van der Waals surface area contributed by atoms with E-state index in [4.69, 9.17) is 21.1 Å². The third-order valence-electron chi connectivity index (χ3n) is 3.59. The summed E-state index contributed by atoms with van der Waals surface area (Å²) in [6, 6.07) is 7.63. The van der Waals surface area contributed by atoms with Crippen LogP contribution in [-0.4, -0.2) is 23.0 Å². The molecule has 3 rings (SSSR count). The van der Waals surface area contributed by atoms with Crippen LogP contribution < -0.4 is 9.47 Å². The number of benzene rings is 1. The zero-order chi connectivity index (χ0) is 13.9. The number of aromatic nitrogens is 2. The number of hydrogen-bond donors (Lipinski definition) is 0. The van der Waals surface area contributed by atoms with Gasteiger partial charge in [0, 0.05) is 0 Å². The summed E-state index contributed by atoms with van der Waals surface area (Å²) < 4.78 is 12.9. The number of methoxy groups -OCH3 is 1. The minimum absolute atomic E-state index is 0.266. The van der Waals surface area contributed by atoms with Crippen molar-refractivity contribution in [2.24, 2.45) is 0 Å². The molecule has 1 aliphatic carbocycles. The smallest absolute Gasteiger partial charge is 0.177 e. The van der Waals surface area contributed by atoms with Gasteiger partial charge in [-0.1, -0.05) is 23.7 Å². The van der Waals surface area contributed by atoms with Crippen molar-refractivity contribution >= 4 is 11.6 Å². The highest BCUT2D eigenvalue weighted by Crippen LogP contribution is 2.33. The molecule has 0 radical (unpaired) electrons. The lowest BCUT2D eigenvalue weighted by molar-refractivity contribution is 0.210. The van der Waals surface area contributed by atoms with Crippen LogP contribution in [-0.2, 0) is 0 Å². The average molecular weight is 293 g/mol. The number of hydrogen-bond acceptors (Lipinski definition) is 3. The summed E-state index contributed by atoms with van der Waals surface area (Å²) in [4.78, 5) is 0. The Kier molecular flexibility index (Phi) is 3.83. The van der Waals surface area contributed by atoms with Crippen molar-refractivity contribution in [1.82, 2.24) is 9.78 Å². The van der Waals surface area contributed by atoms with Crippen LogP contribution in [0.25, 0.3) is 5.69 Å². The molecule has 0 amide bonds. The number of halogens is 1. The molecule has 0 saturated heterocycles. The maximum Gasteiger partial charge on any atom is 0.177 e. The van der Waals surface area contributed by atoms with Crippen LogP contribution in [0.2, 0.25) is 5.15 Å². The van der Waals surface area contributed by atoms with Gasteiger partial charge < -0.3 is 9.47 Å². The molecule has 2 aromatic rings. The highest BCUT2D eigenvalue weighted by molar-refractivity contribution is 6.31. The Morgan fingerprint density at radius 2 is 1.95 bits per heavy atom. The zero-order valence-electron chi connectivity index (χ0n) is 11.4. The molecule has 1 fully saturated rings. The molecule has 0 aliphatic heterocycles. The average Bonchev–Trinajstić information content (AvgIpc) is 3.11. The fourth-order valence-electron chi connectivity index (χ4n) is 2.56. The van der Waals surface area contributed by atoms with E-state index in [1.54, 1.807) is 18.0 Å². The molecule has 0 atom stereocenters. The monoisotopic (exact) mass is 292 g/mol. The van der Waals surface area contributed by atoms with E-state index in [0.29, 0.717) is 10.9 Å². The molecule has 1 saturated carbocycles. The quantitative estimate of drug-likeness (QED) is 0.858. The first-order valence-corrected chi connectivity index (χ1v) is 7.21. The second kappa shape index (κ2) is 5.75. The van der Waals surface area contributed by atoms with Gasteiger partial charge in [0.25, 0.3) is 0 Å². The van der Waals surface area contributed by atoms with Crippen LogP contribution in [0.4, 0.5) is 0 Å². The number of para-hydroxylation sites is 2. The van der Waals surface area contributed by atoms with Gasteiger partial charge in [-0.25, -0.2) is 4.68 Å². The summed E-state index contributed by atoms with van der Waals surface area (Å²) >= 11 is 6.39. The molecule has 5 heteroatoms. The topological polar surface area (TPSA) is 36.3 Å². The minimum Gasteiger partial charge on any atom is -0.494 e. The van der Waals surface area contributed by atoms with Gasteiger partial charge in [0.1, 0.15) is 11.4 Å². The van der Waals surface area contributed by atoms with Crippen molar-refractivity contribution in [3.05, 3.63) is 35.6 Å². The SMILES string of the molecule is COc1ccccc1-n1ncc(OC2CCCC2)c1Cl. The minimum atomic E-state index is 0.266. The van der Waals surface area contributed by atoms with Gasteiger partial charge in [0.05, 0.1) is 19.4 Å². The lowest BCUT2D eigenvalue weighted by atomic mass is 10.3. The second-order valence-corrected chi connectivity index (χ2v) is 5.27. The maximum absolute atomic E-state index is 6.39. The molecule has 20 heavy (non-hydrogen) atoms. The molecule has 1 aromatic carbocycles. The van der Waals surface area contributed by atoms with Crippen molar-refractivity contribution in [3.63, 3.8) is 0 Å². The number of nitrogens with zero attached hydrogens (tertiary/aromatic N) is 2. The zero-order valence-corrected chi connectivity index (χ0v) is 12.1. The Bertz CT molecular complexity index is 591. The molecule has 106 valence electrons. The molecule has 1 aromatic heterocycles. The fraction of sp³-hybridized carbons (Fsp3) is 0.400. The van der Waals surface area contributed by atoms with E-state index in [2.05, 4.69) is 5.10 Å². The fourth-order valence-corrected chi connectivity index (χ4v) is 2.78. The first-order chi connectivity index (χ1) is 9.79. The Morgan fingerprint density at radius 1 is 1.20 bits per heavy atom. The van der Waals surface area contributed by atoms with E-state index in [1.807, 2.05) is 24.3 Å². The van der Waals surface area contributed by atoms with Crippen LogP contribution >= 0.6 is 11.6 Å². The van der Waals surface area contributed by atoms with Gasteiger partial charge in [-0.3, -0.25) is 0 Å². The molecule has 1 aliphatic rings. The van der Waals surface area contributed by atoms with Gasteiger partial charge in [0.2, 0.25) is 0 Å². The molecule has 0 bridgehead atoms. The van der Waals surface area contributed by atoms with E-state index in [-0.39, 0.29) is 6.10 Å². The Labute approximate surface area is 123 Å². The molecule has 0 N–H and O–H groups in total. The second-order valence-electron chi connectivity index (χ2n) is 4.91. The van der Waals surface area contributed by atoms with Crippen LogP contribution in [0.5, 0.6) is 11.5 Å². The largest absolute Gasteiger partial charge is 0.494 e. The highest BCUT2D eigenvalue weighted by Gasteiger charge is 2.20. The third-order valence-corrected chi connectivity index (χ3v) is 3.94. The van der Waals surface area contributed by atoms with Crippen molar-refractivity contribution in [2.45, 2.75) is 31.8 Å². The standard InChI is InChI=1S/C15H17ClN2O2/c1-19-13-9-5-4-8-12(13)18-15(16)14(10-17-18)20-11-6-2-3-7-11/h4-5,8-11H,2-3,6-7H2,1H3. The number of rotatable bonds is 4. The first kappa shape index (κ1) is 13.3. The van der Waals surface area contributed by atoms with Gasteiger partial charge in [-0.05, 0) is 37.8 Å². The molecular weight excluding hydrogens is 276 g/mol. The van der Waals surface area contributed by atoms with Crippen molar-refractivity contribution in [2.75, 3.05) is 7.11 Å². The van der Waals surface area contributed by atoms with Crippen molar-refractivity contribution in [1.29, 1.82) is 0 Å². The van der Waals surface area contributed by atoms with Crippen molar-refractivity contribution in [3.8, 4) is 17.2 Å². The predicted molar refractivity (Wildman–Crippen MR) is 78.0 cm³/mol. The summed E-state index contributed by atoms with van der Waals surface area (Å²) in [6.07, 6.45) is 6.58. The van der Waals surface area contributed by atoms with E-state index in [0.717, 1.165) is 24.3 Å². The van der Waals surface area contributed by atoms with Crippen LogP contribution in [0.1, 0.15) is 25.7 Å². The Balaban J connectivity index is 1.89. The van der Waals surface area contributed by atoms with Crippen LogP contribution in [0.15, 0.2) is 30.5 Å². The van der Waals surface area contributed by atoms with E-state index >= 15 is 0 Å². The molecule has 0 unspecified atom stereocenters. The highest BCUT2D eigenvalue weighted by atomic mass is 35.5. The Morgan fingerprint density at radius 3 is 2.70 bits per heavy atom. The van der Waals surface area contributed by atoms with Gasteiger partial charge >= 0.3 is 0 Å².